The third kappa shape index (κ3) is 4.08. The molecule has 0 unspecified atom stereocenters. The minimum absolute atomic E-state index is 0.208. The van der Waals surface area contributed by atoms with Gasteiger partial charge in [-0.25, -0.2) is 0 Å². The summed E-state index contributed by atoms with van der Waals surface area (Å²) in [5.41, 5.74) is 1.38. The second kappa shape index (κ2) is 8.03. The van der Waals surface area contributed by atoms with E-state index >= 15 is 0 Å². The van der Waals surface area contributed by atoms with Gasteiger partial charge in [-0.2, -0.15) is 0 Å². The quantitative estimate of drug-likeness (QED) is 0.416. The topological polar surface area (TPSA) is 51.5 Å². The summed E-state index contributed by atoms with van der Waals surface area (Å²) in [7, 11) is 0. The molecule has 0 aliphatic rings. The molecule has 5 heteroatoms. The van der Waals surface area contributed by atoms with Crippen LogP contribution in [0.5, 0.6) is 11.5 Å². The standard InChI is InChI=1S/C23H16ClNO3/c24-20-9-5-4-8-19(20)21-14-15-22(28-21)23(26)25-16-10-12-18(13-11-16)27-17-6-2-1-3-7-17/h1-15H,(H,25,26). The maximum atomic E-state index is 12.5. The van der Waals surface area contributed by atoms with Crippen molar-refractivity contribution in [2.75, 3.05) is 5.32 Å². The number of benzene rings is 3. The maximum absolute atomic E-state index is 12.5. The highest BCUT2D eigenvalue weighted by Gasteiger charge is 2.14. The molecule has 138 valence electrons. The van der Waals surface area contributed by atoms with Gasteiger partial charge in [-0.1, -0.05) is 41.9 Å². The van der Waals surface area contributed by atoms with Crippen LogP contribution in [-0.4, -0.2) is 5.91 Å². The molecule has 0 aliphatic carbocycles. The molecule has 1 amide bonds. The molecule has 1 N–H and O–H groups in total. The zero-order chi connectivity index (χ0) is 19.3. The van der Waals surface area contributed by atoms with Crippen LogP contribution in [0, 0.1) is 0 Å². The minimum atomic E-state index is -0.338. The van der Waals surface area contributed by atoms with Gasteiger partial charge in [0.1, 0.15) is 17.3 Å². The van der Waals surface area contributed by atoms with Crippen molar-refractivity contribution in [3.05, 3.63) is 102 Å². The Morgan fingerprint density at radius 1 is 0.786 bits per heavy atom. The first-order chi connectivity index (χ1) is 13.7. The summed E-state index contributed by atoms with van der Waals surface area (Å²) in [4.78, 5) is 12.5. The Balaban J connectivity index is 1.43. The fourth-order valence-electron chi connectivity index (χ4n) is 2.69. The van der Waals surface area contributed by atoms with Crippen LogP contribution in [0.25, 0.3) is 11.3 Å². The first-order valence-electron chi connectivity index (χ1n) is 8.68. The van der Waals surface area contributed by atoms with Crippen LogP contribution < -0.4 is 10.1 Å². The van der Waals surface area contributed by atoms with Crippen molar-refractivity contribution in [1.29, 1.82) is 0 Å². The van der Waals surface area contributed by atoms with Crippen LogP contribution >= 0.6 is 11.6 Å². The Bertz CT molecular complexity index is 1090. The van der Waals surface area contributed by atoms with Gasteiger partial charge in [-0.3, -0.25) is 4.79 Å². The molecule has 0 spiro atoms. The van der Waals surface area contributed by atoms with Gasteiger partial charge in [-0.05, 0) is 60.7 Å². The van der Waals surface area contributed by atoms with Gasteiger partial charge in [0.15, 0.2) is 5.76 Å². The van der Waals surface area contributed by atoms with E-state index in [2.05, 4.69) is 5.32 Å². The number of ether oxygens (including phenoxy) is 1. The summed E-state index contributed by atoms with van der Waals surface area (Å²) < 4.78 is 11.4. The van der Waals surface area contributed by atoms with Gasteiger partial charge < -0.3 is 14.5 Å². The van der Waals surface area contributed by atoms with Crippen molar-refractivity contribution in [1.82, 2.24) is 0 Å². The summed E-state index contributed by atoms with van der Waals surface area (Å²) in [5, 5.41) is 3.37. The first kappa shape index (κ1) is 17.9. The predicted molar refractivity (Wildman–Crippen MR) is 110 cm³/mol. The van der Waals surface area contributed by atoms with E-state index in [1.54, 1.807) is 42.5 Å². The Labute approximate surface area is 167 Å². The number of rotatable bonds is 5. The highest BCUT2D eigenvalue weighted by atomic mass is 35.5. The third-order valence-electron chi connectivity index (χ3n) is 4.06. The van der Waals surface area contributed by atoms with Crippen molar-refractivity contribution in [3.8, 4) is 22.8 Å². The molecule has 0 fully saturated rings. The largest absolute Gasteiger partial charge is 0.457 e. The lowest BCUT2D eigenvalue weighted by Crippen LogP contribution is -2.10. The van der Waals surface area contributed by atoms with Gasteiger partial charge in [0.05, 0.1) is 5.02 Å². The van der Waals surface area contributed by atoms with Crippen molar-refractivity contribution in [2.24, 2.45) is 0 Å². The Morgan fingerprint density at radius 2 is 1.46 bits per heavy atom. The smallest absolute Gasteiger partial charge is 0.291 e. The number of hydrogen-bond acceptors (Lipinski definition) is 3. The fourth-order valence-corrected chi connectivity index (χ4v) is 2.92. The van der Waals surface area contributed by atoms with E-state index in [1.165, 1.54) is 0 Å². The molecule has 0 bridgehead atoms. The molecule has 1 heterocycles. The Hall–Kier alpha value is -3.50. The lowest BCUT2D eigenvalue weighted by molar-refractivity contribution is 0.0997. The monoisotopic (exact) mass is 389 g/mol. The second-order valence-electron chi connectivity index (χ2n) is 6.04. The zero-order valence-electron chi connectivity index (χ0n) is 14.8. The number of amides is 1. The van der Waals surface area contributed by atoms with E-state index in [4.69, 9.17) is 20.8 Å². The lowest BCUT2D eigenvalue weighted by atomic mass is 10.2. The second-order valence-corrected chi connectivity index (χ2v) is 6.44. The zero-order valence-corrected chi connectivity index (χ0v) is 15.5. The van der Waals surface area contributed by atoms with Crippen molar-refractivity contribution in [3.63, 3.8) is 0 Å². The van der Waals surface area contributed by atoms with Crippen molar-refractivity contribution >= 4 is 23.2 Å². The molecule has 4 nitrogen and oxygen atoms in total. The summed E-state index contributed by atoms with van der Waals surface area (Å²) in [6, 6.07) is 27.3. The number of halogens is 1. The number of furan rings is 1. The summed E-state index contributed by atoms with van der Waals surface area (Å²) in [5.74, 6) is 1.85. The van der Waals surface area contributed by atoms with Crippen LogP contribution in [0.3, 0.4) is 0 Å². The van der Waals surface area contributed by atoms with Crippen LogP contribution in [0.4, 0.5) is 5.69 Å². The van der Waals surface area contributed by atoms with Crippen LogP contribution in [0.1, 0.15) is 10.6 Å². The van der Waals surface area contributed by atoms with E-state index < -0.39 is 0 Å². The van der Waals surface area contributed by atoms with Crippen molar-refractivity contribution < 1.29 is 13.9 Å². The molecule has 3 aromatic carbocycles. The average Bonchev–Trinajstić information content (AvgIpc) is 3.21. The number of anilines is 1. The lowest BCUT2D eigenvalue weighted by Gasteiger charge is -2.07. The number of nitrogens with one attached hydrogen (secondary N) is 1. The van der Waals surface area contributed by atoms with Gasteiger partial charge in [-0.15, -0.1) is 0 Å². The van der Waals surface area contributed by atoms with Gasteiger partial charge in [0.25, 0.3) is 5.91 Å². The SMILES string of the molecule is O=C(Nc1ccc(Oc2ccccc2)cc1)c1ccc(-c2ccccc2Cl)o1. The van der Waals surface area contributed by atoms with E-state index in [-0.39, 0.29) is 11.7 Å². The maximum Gasteiger partial charge on any atom is 0.291 e. The van der Waals surface area contributed by atoms with E-state index in [9.17, 15) is 4.79 Å². The van der Waals surface area contributed by atoms with Gasteiger partial charge in [0.2, 0.25) is 0 Å². The van der Waals surface area contributed by atoms with Gasteiger partial charge in [0, 0.05) is 11.3 Å². The van der Waals surface area contributed by atoms with E-state index in [1.807, 2.05) is 48.5 Å². The summed E-state index contributed by atoms with van der Waals surface area (Å²) in [6.45, 7) is 0. The van der Waals surface area contributed by atoms with E-state index in [0.29, 0.717) is 22.2 Å². The average molecular weight is 390 g/mol. The molecule has 0 atom stereocenters. The number of carbonyl (C=O) groups is 1. The Morgan fingerprint density at radius 3 is 2.21 bits per heavy atom. The number of hydrogen-bond donors (Lipinski definition) is 1. The van der Waals surface area contributed by atoms with Gasteiger partial charge >= 0.3 is 0 Å². The normalized spacial score (nSPS) is 10.5. The molecular weight excluding hydrogens is 374 g/mol. The summed E-state index contributed by atoms with van der Waals surface area (Å²) in [6.07, 6.45) is 0. The Kier molecular flexibility index (Phi) is 5.13. The van der Waals surface area contributed by atoms with Crippen LogP contribution in [0.2, 0.25) is 5.02 Å². The third-order valence-corrected chi connectivity index (χ3v) is 4.39. The minimum Gasteiger partial charge on any atom is -0.457 e. The molecule has 0 radical (unpaired) electrons. The fraction of sp³-hybridized carbons (Fsp3) is 0. The number of para-hydroxylation sites is 1. The molecule has 0 saturated carbocycles. The van der Waals surface area contributed by atoms with Crippen molar-refractivity contribution in [2.45, 2.75) is 0 Å². The molecule has 0 aliphatic heterocycles. The molecule has 0 saturated heterocycles. The highest BCUT2D eigenvalue weighted by Crippen LogP contribution is 2.29. The van der Waals surface area contributed by atoms with Crippen LogP contribution in [0.15, 0.2) is 95.4 Å². The first-order valence-corrected chi connectivity index (χ1v) is 9.06. The van der Waals surface area contributed by atoms with Crippen LogP contribution in [-0.2, 0) is 0 Å². The molecule has 28 heavy (non-hydrogen) atoms. The summed E-state index contributed by atoms with van der Waals surface area (Å²) >= 11 is 6.18. The highest BCUT2D eigenvalue weighted by molar-refractivity contribution is 6.33. The number of carbonyl (C=O) groups excluding carboxylic acids is 1. The molecule has 4 aromatic rings. The predicted octanol–water partition coefficient (Wildman–Crippen LogP) is 6.64. The van der Waals surface area contributed by atoms with E-state index in [0.717, 1.165) is 11.3 Å². The molecule has 4 rings (SSSR count). The molecular formula is C23H16ClNO3. The molecule has 1 aromatic heterocycles.